The molecule has 1 aromatic carbocycles. The van der Waals surface area contributed by atoms with Gasteiger partial charge in [-0.15, -0.1) is 0 Å². The van der Waals surface area contributed by atoms with E-state index in [1.54, 1.807) is 12.3 Å². The van der Waals surface area contributed by atoms with Crippen LogP contribution in [-0.4, -0.2) is 31.3 Å². The van der Waals surface area contributed by atoms with Gasteiger partial charge in [-0.2, -0.15) is 0 Å². The highest BCUT2D eigenvalue weighted by molar-refractivity contribution is 5.83. The number of aromatic nitrogens is 1. The molecule has 0 aliphatic carbocycles. The standard InChI is InChI=1S/C19H24N4O2/c1-14-9-11-23(12-10-14)17-6-3-15(4-7-17)21-16-5-8-18(20-13-16)22-19(24)25-2/h3-8,13-14,21H,9-12H2,1-2H3,(H,20,22,24). The van der Waals surface area contributed by atoms with Gasteiger partial charge in [0, 0.05) is 24.5 Å². The minimum absolute atomic E-state index is 0.451. The van der Waals surface area contributed by atoms with Crippen LogP contribution in [-0.2, 0) is 4.74 Å². The summed E-state index contributed by atoms with van der Waals surface area (Å²) in [6, 6.07) is 12.0. The Morgan fingerprint density at radius 3 is 2.40 bits per heavy atom. The molecule has 2 N–H and O–H groups in total. The van der Waals surface area contributed by atoms with Crippen LogP contribution in [0.2, 0.25) is 0 Å². The van der Waals surface area contributed by atoms with E-state index >= 15 is 0 Å². The highest BCUT2D eigenvalue weighted by atomic mass is 16.5. The van der Waals surface area contributed by atoms with Crippen molar-refractivity contribution in [3.63, 3.8) is 0 Å². The molecule has 1 aromatic heterocycles. The molecule has 6 nitrogen and oxygen atoms in total. The Hall–Kier alpha value is -2.76. The summed E-state index contributed by atoms with van der Waals surface area (Å²) in [5.41, 5.74) is 3.13. The third kappa shape index (κ3) is 4.62. The number of pyridine rings is 1. The number of methoxy groups -OCH3 is 1. The molecule has 3 rings (SSSR count). The molecule has 0 bridgehead atoms. The number of nitrogens with one attached hydrogen (secondary N) is 2. The maximum Gasteiger partial charge on any atom is 0.412 e. The van der Waals surface area contributed by atoms with Crippen molar-refractivity contribution in [3.8, 4) is 0 Å². The van der Waals surface area contributed by atoms with Crippen molar-refractivity contribution in [2.45, 2.75) is 19.8 Å². The average Bonchev–Trinajstić information content (AvgIpc) is 2.64. The van der Waals surface area contributed by atoms with Gasteiger partial charge < -0.3 is 15.0 Å². The number of hydrogen-bond acceptors (Lipinski definition) is 5. The number of carbonyl (C=O) groups excluding carboxylic acids is 1. The van der Waals surface area contributed by atoms with E-state index in [1.807, 2.05) is 6.07 Å². The Labute approximate surface area is 148 Å². The second kappa shape index (κ2) is 7.88. The van der Waals surface area contributed by atoms with Gasteiger partial charge in [0.2, 0.25) is 0 Å². The lowest BCUT2D eigenvalue weighted by Gasteiger charge is -2.32. The third-order valence-corrected chi connectivity index (χ3v) is 4.48. The Kier molecular flexibility index (Phi) is 5.38. The highest BCUT2D eigenvalue weighted by Gasteiger charge is 2.15. The molecule has 6 heteroatoms. The molecule has 1 saturated heterocycles. The fourth-order valence-electron chi connectivity index (χ4n) is 2.89. The molecular formula is C19H24N4O2. The predicted octanol–water partition coefficient (Wildman–Crippen LogP) is 4.24. The Morgan fingerprint density at radius 1 is 1.12 bits per heavy atom. The van der Waals surface area contributed by atoms with Crippen LogP contribution >= 0.6 is 0 Å². The topological polar surface area (TPSA) is 66.5 Å². The summed E-state index contributed by atoms with van der Waals surface area (Å²) < 4.78 is 4.54. The summed E-state index contributed by atoms with van der Waals surface area (Å²) in [4.78, 5) is 17.8. The van der Waals surface area contributed by atoms with Crippen molar-refractivity contribution in [3.05, 3.63) is 42.6 Å². The number of nitrogens with zero attached hydrogens (tertiary/aromatic N) is 2. The summed E-state index contributed by atoms with van der Waals surface area (Å²) in [7, 11) is 1.32. The van der Waals surface area contributed by atoms with Crippen LogP contribution in [0.3, 0.4) is 0 Å². The predicted molar refractivity (Wildman–Crippen MR) is 101 cm³/mol. The molecule has 132 valence electrons. The summed E-state index contributed by atoms with van der Waals surface area (Å²) >= 11 is 0. The molecule has 0 atom stereocenters. The van der Waals surface area contributed by atoms with Crippen LogP contribution in [0.4, 0.5) is 27.7 Å². The normalized spacial score (nSPS) is 14.9. The maximum atomic E-state index is 11.1. The lowest BCUT2D eigenvalue weighted by Crippen LogP contribution is -2.32. The number of carbonyl (C=O) groups is 1. The molecule has 0 radical (unpaired) electrons. The molecule has 1 aliphatic heterocycles. The lowest BCUT2D eigenvalue weighted by atomic mass is 9.99. The van der Waals surface area contributed by atoms with E-state index in [2.05, 4.69) is 56.4 Å². The fraction of sp³-hybridized carbons (Fsp3) is 0.368. The number of amides is 1. The first-order valence-corrected chi connectivity index (χ1v) is 8.57. The van der Waals surface area contributed by atoms with Crippen molar-refractivity contribution in [1.82, 2.24) is 4.98 Å². The smallest absolute Gasteiger partial charge is 0.412 e. The number of anilines is 4. The van der Waals surface area contributed by atoms with E-state index in [0.29, 0.717) is 5.82 Å². The molecule has 2 heterocycles. The molecule has 1 amide bonds. The summed E-state index contributed by atoms with van der Waals surface area (Å²) in [6.45, 7) is 4.59. The minimum Gasteiger partial charge on any atom is -0.453 e. The zero-order valence-electron chi connectivity index (χ0n) is 14.7. The van der Waals surface area contributed by atoms with Gasteiger partial charge in [-0.05, 0) is 55.2 Å². The summed E-state index contributed by atoms with van der Waals surface area (Å²) in [6.07, 6.45) is 3.66. The van der Waals surface area contributed by atoms with Gasteiger partial charge in [0.15, 0.2) is 0 Å². The fourth-order valence-corrected chi connectivity index (χ4v) is 2.89. The van der Waals surface area contributed by atoms with E-state index < -0.39 is 6.09 Å². The van der Waals surface area contributed by atoms with Gasteiger partial charge >= 0.3 is 6.09 Å². The second-order valence-corrected chi connectivity index (χ2v) is 6.39. The SMILES string of the molecule is COC(=O)Nc1ccc(Nc2ccc(N3CCC(C)CC3)cc2)cn1. The van der Waals surface area contributed by atoms with Crippen LogP contribution in [0.1, 0.15) is 19.8 Å². The number of hydrogen-bond donors (Lipinski definition) is 2. The van der Waals surface area contributed by atoms with Crippen molar-refractivity contribution >= 4 is 29.0 Å². The van der Waals surface area contributed by atoms with E-state index in [0.717, 1.165) is 30.4 Å². The zero-order chi connectivity index (χ0) is 17.6. The largest absolute Gasteiger partial charge is 0.453 e. The molecule has 0 spiro atoms. The second-order valence-electron chi connectivity index (χ2n) is 6.39. The van der Waals surface area contributed by atoms with E-state index in [1.165, 1.54) is 25.6 Å². The van der Waals surface area contributed by atoms with E-state index in [4.69, 9.17) is 0 Å². The quantitative estimate of drug-likeness (QED) is 0.871. The van der Waals surface area contributed by atoms with Crippen LogP contribution in [0.15, 0.2) is 42.6 Å². The van der Waals surface area contributed by atoms with Crippen LogP contribution in [0.25, 0.3) is 0 Å². The number of ether oxygens (including phenoxy) is 1. The Bertz CT molecular complexity index is 692. The van der Waals surface area contributed by atoms with Crippen molar-refractivity contribution in [2.24, 2.45) is 5.92 Å². The highest BCUT2D eigenvalue weighted by Crippen LogP contribution is 2.25. The van der Waals surface area contributed by atoms with Crippen molar-refractivity contribution in [2.75, 3.05) is 35.7 Å². The summed E-state index contributed by atoms with van der Waals surface area (Å²) in [5.74, 6) is 1.29. The zero-order valence-corrected chi connectivity index (χ0v) is 14.7. The number of piperidine rings is 1. The Morgan fingerprint density at radius 2 is 1.80 bits per heavy atom. The molecule has 1 fully saturated rings. The van der Waals surface area contributed by atoms with Crippen LogP contribution in [0, 0.1) is 5.92 Å². The van der Waals surface area contributed by atoms with Crippen LogP contribution < -0.4 is 15.5 Å². The number of rotatable bonds is 4. The van der Waals surface area contributed by atoms with E-state index in [9.17, 15) is 4.79 Å². The average molecular weight is 340 g/mol. The number of benzene rings is 1. The third-order valence-electron chi connectivity index (χ3n) is 4.48. The van der Waals surface area contributed by atoms with Gasteiger partial charge in [0.25, 0.3) is 0 Å². The lowest BCUT2D eigenvalue weighted by molar-refractivity contribution is 0.187. The Balaban J connectivity index is 1.58. The van der Waals surface area contributed by atoms with Crippen LogP contribution in [0.5, 0.6) is 0 Å². The first-order chi connectivity index (χ1) is 12.1. The van der Waals surface area contributed by atoms with E-state index in [-0.39, 0.29) is 0 Å². The van der Waals surface area contributed by atoms with Gasteiger partial charge in [-0.25, -0.2) is 9.78 Å². The van der Waals surface area contributed by atoms with Crippen molar-refractivity contribution < 1.29 is 9.53 Å². The van der Waals surface area contributed by atoms with Gasteiger partial charge in [-0.3, -0.25) is 5.32 Å². The van der Waals surface area contributed by atoms with Gasteiger partial charge in [0.05, 0.1) is 19.0 Å². The molecule has 1 aliphatic rings. The summed E-state index contributed by atoms with van der Waals surface area (Å²) in [5, 5.41) is 5.83. The maximum absolute atomic E-state index is 11.1. The molecule has 2 aromatic rings. The molecule has 25 heavy (non-hydrogen) atoms. The molecule has 0 saturated carbocycles. The first-order valence-electron chi connectivity index (χ1n) is 8.57. The first kappa shape index (κ1) is 17.1. The van der Waals surface area contributed by atoms with Gasteiger partial charge in [0.1, 0.15) is 5.82 Å². The molecule has 0 unspecified atom stereocenters. The minimum atomic E-state index is -0.532. The van der Waals surface area contributed by atoms with Gasteiger partial charge in [-0.1, -0.05) is 6.92 Å². The molecular weight excluding hydrogens is 316 g/mol. The monoisotopic (exact) mass is 340 g/mol. The van der Waals surface area contributed by atoms with Crippen molar-refractivity contribution in [1.29, 1.82) is 0 Å².